The van der Waals surface area contributed by atoms with Crippen molar-refractivity contribution < 1.29 is 29.4 Å². The monoisotopic (exact) mass is 339 g/mol. The third kappa shape index (κ3) is 9.74. The van der Waals surface area contributed by atoms with Gasteiger partial charge < -0.3 is 15.0 Å². The number of rotatable bonds is 12. The van der Waals surface area contributed by atoms with E-state index in [-0.39, 0.29) is 30.8 Å². The highest BCUT2D eigenvalue weighted by Gasteiger charge is 2.18. The molecule has 0 aliphatic heterocycles. The van der Waals surface area contributed by atoms with E-state index < -0.39 is 34.8 Å². The van der Waals surface area contributed by atoms with Gasteiger partial charge in [0.25, 0.3) is 10.2 Å². The Bertz CT molecular complexity index is 419. The van der Waals surface area contributed by atoms with Gasteiger partial charge in [-0.1, -0.05) is 0 Å². The summed E-state index contributed by atoms with van der Waals surface area (Å²) in [6, 6.07) is -0.695. The number of carbonyl (C=O) groups is 2. The van der Waals surface area contributed by atoms with Gasteiger partial charge in [-0.25, -0.2) is 0 Å². The van der Waals surface area contributed by atoms with Crippen molar-refractivity contribution in [2.45, 2.75) is 38.3 Å². The van der Waals surface area contributed by atoms with Crippen molar-refractivity contribution in [2.24, 2.45) is 0 Å². The Labute approximate surface area is 130 Å². The lowest BCUT2D eigenvalue weighted by Crippen LogP contribution is -2.41. The lowest BCUT2D eigenvalue weighted by Gasteiger charge is -2.15. The highest BCUT2D eigenvalue weighted by atomic mass is 32.1. The molecule has 0 radical (unpaired) electrons. The number of ketones is 1. The molecule has 0 aromatic rings. The van der Waals surface area contributed by atoms with Crippen molar-refractivity contribution in [1.82, 2.24) is 5.32 Å². The Hall–Kier alpha value is -2.11. The SMILES string of the molecule is CC(=O)C(CS)NC(=O)CCCC(CO[N+](=O)[O-])O[N+](=O)[O-]. The van der Waals surface area contributed by atoms with Gasteiger partial charge in [-0.2, -0.15) is 12.6 Å². The predicted octanol–water partition coefficient (Wildman–Crippen LogP) is -0.0545. The van der Waals surface area contributed by atoms with E-state index in [0.29, 0.717) is 0 Å². The van der Waals surface area contributed by atoms with Crippen molar-refractivity contribution in [1.29, 1.82) is 0 Å². The van der Waals surface area contributed by atoms with Crippen LogP contribution in [0.1, 0.15) is 26.2 Å². The zero-order chi connectivity index (χ0) is 17.1. The molecule has 0 saturated carbocycles. The Balaban J connectivity index is 4.19. The number of hydrogen-bond donors (Lipinski definition) is 2. The maximum atomic E-state index is 11.6. The van der Waals surface area contributed by atoms with E-state index in [1.54, 1.807) is 0 Å². The molecule has 0 rings (SSSR count). The van der Waals surface area contributed by atoms with E-state index in [2.05, 4.69) is 27.6 Å². The Morgan fingerprint density at radius 3 is 2.36 bits per heavy atom. The van der Waals surface area contributed by atoms with E-state index in [1.165, 1.54) is 6.92 Å². The van der Waals surface area contributed by atoms with Crippen molar-refractivity contribution in [2.75, 3.05) is 12.4 Å². The van der Waals surface area contributed by atoms with Gasteiger partial charge in [0.05, 0.1) is 6.04 Å². The maximum Gasteiger partial charge on any atom is 0.294 e. The number of carbonyl (C=O) groups excluding carboxylic acids is 2. The zero-order valence-electron chi connectivity index (χ0n) is 11.8. The molecule has 2 unspecified atom stereocenters. The molecule has 0 spiro atoms. The Kier molecular flexibility index (Phi) is 9.58. The quantitative estimate of drug-likeness (QED) is 0.285. The molecule has 0 aromatic carbocycles. The van der Waals surface area contributed by atoms with Crippen LogP contribution < -0.4 is 5.32 Å². The molecule has 1 amide bonds. The van der Waals surface area contributed by atoms with Crippen LogP contribution in [0.3, 0.4) is 0 Å². The summed E-state index contributed by atoms with van der Waals surface area (Å²) in [5, 5.41) is 20.6. The molecule has 2 atom stereocenters. The van der Waals surface area contributed by atoms with Crippen LogP contribution in [0.15, 0.2) is 0 Å². The molecule has 0 aromatic heterocycles. The smallest absolute Gasteiger partial charge is 0.294 e. The van der Waals surface area contributed by atoms with E-state index in [9.17, 15) is 29.8 Å². The lowest BCUT2D eigenvalue weighted by atomic mass is 10.1. The van der Waals surface area contributed by atoms with Crippen LogP contribution in [-0.2, 0) is 19.3 Å². The van der Waals surface area contributed by atoms with Gasteiger partial charge in [0.15, 0.2) is 5.78 Å². The van der Waals surface area contributed by atoms with Gasteiger partial charge in [0.2, 0.25) is 5.91 Å². The summed E-state index contributed by atoms with van der Waals surface area (Å²) in [5.41, 5.74) is 0. The summed E-state index contributed by atoms with van der Waals surface area (Å²) in [4.78, 5) is 51.2. The predicted molar refractivity (Wildman–Crippen MR) is 75.1 cm³/mol. The number of nitrogens with zero attached hydrogens (tertiary/aromatic N) is 2. The van der Waals surface area contributed by atoms with Crippen molar-refractivity contribution in [3.63, 3.8) is 0 Å². The molecule has 126 valence electrons. The van der Waals surface area contributed by atoms with Gasteiger partial charge in [0.1, 0.15) is 12.7 Å². The highest BCUT2D eigenvalue weighted by molar-refractivity contribution is 7.80. The third-order valence-corrected chi connectivity index (χ3v) is 2.90. The number of Topliss-reactive ketones (excluding diaryl/α,β-unsaturated/α-hetero) is 1. The van der Waals surface area contributed by atoms with Gasteiger partial charge in [-0.3, -0.25) is 9.59 Å². The second-order valence-electron chi connectivity index (χ2n) is 4.28. The van der Waals surface area contributed by atoms with Crippen LogP contribution in [0.4, 0.5) is 0 Å². The third-order valence-electron chi connectivity index (χ3n) is 2.54. The first-order valence-electron chi connectivity index (χ1n) is 6.25. The summed E-state index contributed by atoms with van der Waals surface area (Å²) in [6.45, 7) is 0.708. The largest absolute Gasteiger partial charge is 0.345 e. The molecule has 0 fully saturated rings. The minimum absolute atomic E-state index is 0.00779. The first-order valence-corrected chi connectivity index (χ1v) is 6.88. The fourth-order valence-corrected chi connectivity index (χ4v) is 1.81. The van der Waals surface area contributed by atoms with Crippen LogP contribution in [0.2, 0.25) is 0 Å². The maximum absolute atomic E-state index is 11.6. The summed E-state index contributed by atoms with van der Waals surface area (Å²) >= 11 is 3.93. The van der Waals surface area contributed by atoms with Crippen LogP contribution in [0, 0.1) is 20.2 Å². The number of nitrogens with one attached hydrogen (secondary N) is 1. The van der Waals surface area contributed by atoms with E-state index >= 15 is 0 Å². The highest BCUT2D eigenvalue weighted by Crippen LogP contribution is 2.07. The molecule has 1 N–H and O–H groups in total. The van der Waals surface area contributed by atoms with Crippen LogP contribution >= 0.6 is 12.6 Å². The molecule has 0 bridgehead atoms. The second-order valence-corrected chi connectivity index (χ2v) is 4.64. The molecule has 0 aliphatic rings. The Morgan fingerprint density at radius 1 is 1.27 bits per heavy atom. The molecular formula is C10H17N3O8S. The summed E-state index contributed by atoms with van der Waals surface area (Å²) in [7, 11) is 0. The fraction of sp³-hybridized carbons (Fsp3) is 0.800. The first kappa shape index (κ1) is 19.9. The van der Waals surface area contributed by atoms with Crippen LogP contribution in [0.5, 0.6) is 0 Å². The fourth-order valence-electron chi connectivity index (χ4n) is 1.46. The van der Waals surface area contributed by atoms with Gasteiger partial charge in [-0.15, -0.1) is 20.2 Å². The van der Waals surface area contributed by atoms with E-state index in [0.717, 1.165) is 0 Å². The summed E-state index contributed by atoms with van der Waals surface area (Å²) in [5.74, 6) is -0.508. The molecule has 0 aliphatic carbocycles. The van der Waals surface area contributed by atoms with Crippen molar-refractivity contribution in [3.8, 4) is 0 Å². The first-order chi connectivity index (χ1) is 10.3. The normalized spacial score (nSPS) is 12.8. The molecule has 0 heterocycles. The minimum atomic E-state index is -1.15. The molecule has 22 heavy (non-hydrogen) atoms. The van der Waals surface area contributed by atoms with Crippen LogP contribution in [0.25, 0.3) is 0 Å². The average molecular weight is 339 g/mol. The Morgan fingerprint density at radius 2 is 1.91 bits per heavy atom. The van der Waals surface area contributed by atoms with Crippen molar-refractivity contribution >= 4 is 24.3 Å². The minimum Gasteiger partial charge on any atom is -0.345 e. The molecular weight excluding hydrogens is 322 g/mol. The number of thiol groups is 1. The second kappa shape index (κ2) is 10.6. The number of amides is 1. The lowest BCUT2D eigenvalue weighted by molar-refractivity contribution is -0.790. The molecule has 0 saturated heterocycles. The van der Waals surface area contributed by atoms with Gasteiger partial charge >= 0.3 is 0 Å². The standard InChI is InChI=1S/C10H17N3O8S/c1-7(14)9(6-22)11-10(15)4-2-3-8(21-13(18)19)5-20-12(16)17/h8-9,22H,2-6H2,1H3,(H,11,15). The average Bonchev–Trinajstić information content (AvgIpc) is 2.40. The van der Waals surface area contributed by atoms with Gasteiger partial charge in [-0.05, 0) is 19.8 Å². The molecule has 11 nitrogen and oxygen atoms in total. The van der Waals surface area contributed by atoms with Crippen LogP contribution in [-0.4, -0.2) is 46.4 Å². The number of hydrogen-bond acceptors (Lipinski definition) is 9. The summed E-state index contributed by atoms with van der Waals surface area (Å²) in [6.07, 6.45) is -0.994. The summed E-state index contributed by atoms with van der Waals surface area (Å²) < 4.78 is 0. The van der Waals surface area contributed by atoms with Gasteiger partial charge in [0, 0.05) is 12.2 Å². The van der Waals surface area contributed by atoms with E-state index in [4.69, 9.17) is 0 Å². The van der Waals surface area contributed by atoms with E-state index in [1.807, 2.05) is 0 Å². The molecule has 12 heteroatoms. The topological polar surface area (TPSA) is 151 Å². The van der Waals surface area contributed by atoms with Crippen molar-refractivity contribution in [3.05, 3.63) is 20.2 Å². The zero-order valence-corrected chi connectivity index (χ0v) is 12.7.